The molecular weight excluding hydrogens is 440 g/mol. The zero-order valence-corrected chi connectivity index (χ0v) is 16.1. The van der Waals surface area contributed by atoms with E-state index in [9.17, 15) is 30.8 Å². The SMILES string of the molecule is O=C(Nc1cc(S(=O)(=O)N2CCOCC2)ccc1Cl)c1cc(F)c(F)c(F)c1F. The quantitative estimate of drug-likeness (QED) is 0.439. The van der Waals surface area contributed by atoms with Crippen molar-refractivity contribution < 1.29 is 35.5 Å². The molecule has 1 amide bonds. The highest BCUT2D eigenvalue weighted by Gasteiger charge is 2.28. The van der Waals surface area contributed by atoms with Gasteiger partial charge < -0.3 is 10.1 Å². The zero-order chi connectivity index (χ0) is 21.3. The fourth-order valence-corrected chi connectivity index (χ4v) is 4.22. The van der Waals surface area contributed by atoms with E-state index >= 15 is 0 Å². The van der Waals surface area contributed by atoms with Crippen molar-refractivity contribution in [2.75, 3.05) is 31.6 Å². The lowest BCUT2D eigenvalue weighted by molar-refractivity contribution is 0.0730. The highest BCUT2D eigenvalue weighted by molar-refractivity contribution is 7.89. The van der Waals surface area contributed by atoms with Crippen LogP contribution in [0.25, 0.3) is 0 Å². The second-order valence-corrected chi connectivity index (χ2v) is 8.31. The Hall–Kier alpha value is -2.21. The molecule has 2 aromatic carbocycles. The van der Waals surface area contributed by atoms with Crippen LogP contribution in [0.3, 0.4) is 0 Å². The number of rotatable bonds is 4. The fourth-order valence-electron chi connectivity index (χ4n) is 2.62. The average Bonchev–Trinajstić information content (AvgIpc) is 2.71. The topological polar surface area (TPSA) is 75.7 Å². The lowest BCUT2D eigenvalue weighted by atomic mass is 10.1. The summed E-state index contributed by atoms with van der Waals surface area (Å²) in [7, 11) is -3.93. The molecule has 0 unspecified atom stereocenters. The number of hydrogen-bond donors (Lipinski definition) is 1. The first-order valence-corrected chi connectivity index (χ1v) is 9.96. The van der Waals surface area contributed by atoms with Crippen molar-refractivity contribution in [1.82, 2.24) is 4.31 Å². The van der Waals surface area contributed by atoms with Crippen molar-refractivity contribution in [1.29, 1.82) is 0 Å². The van der Waals surface area contributed by atoms with Gasteiger partial charge in [-0.1, -0.05) is 11.6 Å². The number of sulfonamides is 1. The van der Waals surface area contributed by atoms with E-state index in [-0.39, 0.29) is 48.0 Å². The van der Waals surface area contributed by atoms with E-state index in [0.29, 0.717) is 0 Å². The number of halogens is 5. The zero-order valence-electron chi connectivity index (χ0n) is 14.5. The van der Waals surface area contributed by atoms with Crippen LogP contribution in [0.1, 0.15) is 10.4 Å². The Morgan fingerprint density at radius 1 is 1.03 bits per heavy atom. The third kappa shape index (κ3) is 4.22. The number of ether oxygens (including phenoxy) is 1. The van der Waals surface area contributed by atoms with Crippen molar-refractivity contribution in [3.05, 3.63) is 58.1 Å². The molecule has 1 fully saturated rings. The highest BCUT2D eigenvalue weighted by atomic mass is 35.5. The van der Waals surface area contributed by atoms with E-state index in [1.54, 1.807) is 0 Å². The first-order chi connectivity index (χ1) is 13.6. The third-order valence-corrected chi connectivity index (χ3v) is 6.37. The van der Waals surface area contributed by atoms with Crippen LogP contribution < -0.4 is 5.32 Å². The Kier molecular flexibility index (Phi) is 6.13. The van der Waals surface area contributed by atoms with Gasteiger partial charge in [0.2, 0.25) is 10.0 Å². The Labute approximate surface area is 168 Å². The molecule has 0 saturated carbocycles. The van der Waals surface area contributed by atoms with Gasteiger partial charge in [-0.3, -0.25) is 4.79 Å². The van der Waals surface area contributed by atoms with Crippen molar-refractivity contribution >= 4 is 33.2 Å². The minimum atomic E-state index is -3.93. The Bertz CT molecular complexity index is 1080. The molecule has 0 atom stereocenters. The Morgan fingerprint density at radius 2 is 1.69 bits per heavy atom. The molecule has 6 nitrogen and oxygen atoms in total. The highest BCUT2D eigenvalue weighted by Crippen LogP contribution is 2.28. The molecule has 3 rings (SSSR count). The van der Waals surface area contributed by atoms with Gasteiger partial charge in [0.05, 0.1) is 34.4 Å². The van der Waals surface area contributed by atoms with E-state index in [4.69, 9.17) is 16.3 Å². The largest absolute Gasteiger partial charge is 0.379 e. The first-order valence-electron chi connectivity index (χ1n) is 8.14. The van der Waals surface area contributed by atoms with Gasteiger partial charge in [-0.2, -0.15) is 4.31 Å². The number of carbonyl (C=O) groups excluding carboxylic acids is 1. The summed E-state index contributed by atoms with van der Waals surface area (Å²) in [6, 6.07) is 3.61. The van der Waals surface area contributed by atoms with Gasteiger partial charge in [-0.25, -0.2) is 26.0 Å². The number of hydrogen-bond acceptors (Lipinski definition) is 4. The molecule has 1 heterocycles. The van der Waals surface area contributed by atoms with Gasteiger partial charge in [0.15, 0.2) is 23.3 Å². The molecule has 0 bridgehead atoms. The van der Waals surface area contributed by atoms with E-state index in [1.165, 1.54) is 16.4 Å². The lowest BCUT2D eigenvalue weighted by Crippen LogP contribution is -2.40. The first kappa shape index (κ1) is 21.5. The van der Waals surface area contributed by atoms with Crippen LogP contribution in [0.15, 0.2) is 29.2 Å². The van der Waals surface area contributed by atoms with Crippen LogP contribution >= 0.6 is 11.6 Å². The van der Waals surface area contributed by atoms with Gasteiger partial charge in [-0.05, 0) is 24.3 Å². The molecule has 1 aliphatic rings. The number of carbonyl (C=O) groups is 1. The second kappa shape index (κ2) is 8.27. The lowest BCUT2D eigenvalue weighted by Gasteiger charge is -2.26. The Morgan fingerprint density at radius 3 is 2.34 bits per heavy atom. The Balaban J connectivity index is 1.92. The molecule has 156 valence electrons. The maximum atomic E-state index is 13.8. The summed E-state index contributed by atoms with van der Waals surface area (Å²) < 4.78 is 85.3. The predicted octanol–water partition coefficient (Wildman–Crippen LogP) is 3.17. The smallest absolute Gasteiger partial charge is 0.258 e. The molecular formula is C17H13ClF4N2O4S. The summed E-state index contributed by atoms with van der Waals surface area (Å²) in [5.74, 6) is -9.21. The van der Waals surface area contributed by atoms with E-state index in [0.717, 1.165) is 6.07 Å². The predicted molar refractivity (Wildman–Crippen MR) is 95.3 cm³/mol. The van der Waals surface area contributed by atoms with E-state index < -0.39 is 44.8 Å². The molecule has 0 radical (unpaired) electrons. The summed E-state index contributed by atoms with van der Waals surface area (Å²) in [6.07, 6.45) is 0. The van der Waals surface area contributed by atoms with Crippen LogP contribution in [0.2, 0.25) is 5.02 Å². The summed E-state index contributed by atoms with van der Waals surface area (Å²) in [5, 5.41) is 1.97. The molecule has 0 aromatic heterocycles. The monoisotopic (exact) mass is 452 g/mol. The van der Waals surface area contributed by atoms with E-state index in [2.05, 4.69) is 5.32 Å². The molecule has 0 spiro atoms. The molecule has 29 heavy (non-hydrogen) atoms. The van der Waals surface area contributed by atoms with Crippen LogP contribution in [0.4, 0.5) is 23.2 Å². The minimum Gasteiger partial charge on any atom is -0.379 e. The van der Waals surface area contributed by atoms with Crippen molar-refractivity contribution in [2.45, 2.75) is 4.90 Å². The number of amides is 1. The summed E-state index contributed by atoms with van der Waals surface area (Å²) >= 11 is 5.95. The van der Waals surface area contributed by atoms with Crippen molar-refractivity contribution in [2.24, 2.45) is 0 Å². The van der Waals surface area contributed by atoms with Gasteiger partial charge in [0, 0.05) is 13.1 Å². The number of nitrogens with one attached hydrogen (secondary N) is 1. The van der Waals surface area contributed by atoms with Crippen LogP contribution in [0, 0.1) is 23.3 Å². The van der Waals surface area contributed by atoms with Crippen molar-refractivity contribution in [3.8, 4) is 0 Å². The third-order valence-electron chi connectivity index (χ3n) is 4.14. The molecule has 0 aliphatic carbocycles. The number of nitrogens with zero attached hydrogens (tertiary/aromatic N) is 1. The van der Waals surface area contributed by atoms with Crippen molar-refractivity contribution in [3.63, 3.8) is 0 Å². The molecule has 2 aromatic rings. The van der Waals surface area contributed by atoms with Crippen LogP contribution in [-0.2, 0) is 14.8 Å². The molecule has 1 saturated heterocycles. The molecule has 1 aliphatic heterocycles. The van der Waals surface area contributed by atoms with E-state index in [1.807, 2.05) is 0 Å². The van der Waals surface area contributed by atoms with Gasteiger partial charge in [0.25, 0.3) is 5.91 Å². The van der Waals surface area contributed by atoms with Gasteiger partial charge in [0.1, 0.15) is 0 Å². The second-order valence-electron chi connectivity index (χ2n) is 5.96. The summed E-state index contributed by atoms with van der Waals surface area (Å²) in [4.78, 5) is 12.0. The maximum Gasteiger partial charge on any atom is 0.258 e. The molecule has 1 N–H and O–H groups in total. The summed E-state index contributed by atoms with van der Waals surface area (Å²) in [6.45, 7) is 0.701. The number of morpholine rings is 1. The minimum absolute atomic E-state index is 0.109. The fraction of sp³-hybridized carbons (Fsp3) is 0.235. The van der Waals surface area contributed by atoms with Gasteiger partial charge in [-0.15, -0.1) is 0 Å². The maximum absolute atomic E-state index is 13.8. The number of anilines is 1. The summed E-state index contributed by atoms with van der Waals surface area (Å²) in [5.41, 5.74) is -1.35. The normalized spacial score (nSPS) is 15.3. The number of benzene rings is 2. The standard InChI is InChI=1S/C17H13ClF4N2O4S/c18-11-2-1-9(29(26,27)24-3-5-28-6-4-24)7-13(11)23-17(25)10-8-12(19)15(21)16(22)14(10)20/h1-2,7-8H,3-6H2,(H,23,25). The molecule has 12 heteroatoms. The van der Waals surface area contributed by atoms with Crippen LogP contribution in [-0.4, -0.2) is 44.9 Å². The van der Waals surface area contributed by atoms with Crippen LogP contribution in [0.5, 0.6) is 0 Å². The average molecular weight is 453 g/mol. The van der Waals surface area contributed by atoms with Gasteiger partial charge >= 0.3 is 0 Å².